The minimum absolute atomic E-state index is 0.0583. The van der Waals surface area contributed by atoms with E-state index in [0.29, 0.717) is 28.5 Å². The number of carbonyl (C=O) groups excluding carboxylic acids is 1. The molecule has 8 nitrogen and oxygen atoms in total. The maximum atomic E-state index is 13.2. The van der Waals surface area contributed by atoms with Gasteiger partial charge in [-0.25, -0.2) is 4.79 Å². The summed E-state index contributed by atoms with van der Waals surface area (Å²) in [6.07, 6.45) is 0. The Bertz CT molecular complexity index is 1320. The number of amides is 1. The minimum atomic E-state index is -0.268. The number of nitrogens with zero attached hydrogens (tertiary/aromatic N) is 4. The van der Waals surface area contributed by atoms with Crippen molar-refractivity contribution in [3.8, 4) is 11.4 Å². The minimum Gasteiger partial charge on any atom is -0.339 e. The topological polar surface area (TPSA) is 95.0 Å². The number of aromatic nitrogens is 4. The van der Waals surface area contributed by atoms with Crippen molar-refractivity contribution in [3.63, 3.8) is 0 Å². The first kappa shape index (κ1) is 20.6. The Kier molecular flexibility index (Phi) is 5.22. The van der Waals surface area contributed by atoms with E-state index >= 15 is 0 Å². The van der Waals surface area contributed by atoms with E-state index in [1.54, 1.807) is 11.5 Å². The van der Waals surface area contributed by atoms with Crippen molar-refractivity contribution in [2.75, 3.05) is 5.32 Å². The molecule has 0 aliphatic carbocycles. The van der Waals surface area contributed by atoms with Crippen LogP contribution in [-0.2, 0) is 11.3 Å². The zero-order chi connectivity index (χ0) is 22.3. The second kappa shape index (κ2) is 7.86. The Balaban J connectivity index is 1.75. The maximum absolute atomic E-state index is 13.2. The zero-order valence-electron chi connectivity index (χ0n) is 18.3. The molecule has 0 aliphatic rings. The highest BCUT2D eigenvalue weighted by Crippen LogP contribution is 2.24. The summed E-state index contributed by atoms with van der Waals surface area (Å²) in [7, 11) is 0. The molecular weight excluding hydrogens is 394 g/mol. The summed E-state index contributed by atoms with van der Waals surface area (Å²) in [6, 6.07) is 11.3. The van der Waals surface area contributed by atoms with Crippen molar-refractivity contribution in [2.45, 2.75) is 47.2 Å². The predicted octanol–water partition coefficient (Wildman–Crippen LogP) is 4.00. The molecule has 0 atom stereocenters. The van der Waals surface area contributed by atoms with Crippen molar-refractivity contribution >= 4 is 22.6 Å². The fourth-order valence-corrected chi connectivity index (χ4v) is 3.88. The monoisotopic (exact) mass is 419 g/mol. The van der Waals surface area contributed by atoms with E-state index < -0.39 is 0 Å². The van der Waals surface area contributed by atoms with Gasteiger partial charge in [-0.2, -0.15) is 4.98 Å². The van der Waals surface area contributed by atoms with E-state index in [9.17, 15) is 9.59 Å². The zero-order valence-corrected chi connectivity index (χ0v) is 18.3. The molecule has 0 radical (unpaired) electrons. The van der Waals surface area contributed by atoms with E-state index in [4.69, 9.17) is 4.52 Å². The van der Waals surface area contributed by atoms with Gasteiger partial charge in [-0.15, -0.1) is 0 Å². The van der Waals surface area contributed by atoms with Gasteiger partial charge in [0.25, 0.3) is 0 Å². The average molecular weight is 419 g/mol. The van der Waals surface area contributed by atoms with Crippen LogP contribution in [0.15, 0.2) is 45.7 Å². The molecule has 0 unspecified atom stereocenters. The van der Waals surface area contributed by atoms with E-state index in [1.165, 1.54) is 4.57 Å². The standard InChI is InChI=1S/C23H25N5O3/c1-13(2)28-19-7-6-17(22-24-16(5)31-26-22)11-20(19)27(23(28)30)12-21(29)25-18-9-14(3)8-15(4)10-18/h6-11,13H,12H2,1-5H3,(H,25,29). The molecule has 0 spiro atoms. The van der Waals surface area contributed by atoms with Crippen molar-refractivity contribution in [1.82, 2.24) is 19.3 Å². The van der Waals surface area contributed by atoms with Crippen LogP contribution in [0.2, 0.25) is 0 Å². The van der Waals surface area contributed by atoms with Gasteiger partial charge in [-0.05, 0) is 69.2 Å². The molecule has 0 fully saturated rings. The molecule has 0 saturated carbocycles. The van der Waals surface area contributed by atoms with Crippen LogP contribution in [0.25, 0.3) is 22.4 Å². The lowest BCUT2D eigenvalue weighted by molar-refractivity contribution is -0.116. The first-order valence-electron chi connectivity index (χ1n) is 10.2. The van der Waals surface area contributed by atoms with Crippen molar-refractivity contribution in [3.05, 3.63) is 63.9 Å². The van der Waals surface area contributed by atoms with Crippen LogP contribution < -0.4 is 11.0 Å². The Hall–Kier alpha value is -3.68. The van der Waals surface area contributed by atoms with Gasteiger partial charge in [0, 0.05) is 24.2 Å². The first-order valence-corrected chi connectivity index (χ1v) is 10.2. The van der Waals surface area contributed by atoms with Crippen LogP contribution in [0, 0.1) is 20.8 Å². The largest absolute Gasteiger partial charge is 0.339 e. The Morgan fingerprint density at radius 3 is 2.39 bits per heavy atom. The number of benzene rings is 2. The maximum Gasteiger partial charge on any atom is 0.329 e. The lowest BCUT2D eigenvalue weighted by atomic mass is 10.1. The first-order chi connectivity index (χ1) is 14.7. The molecule has 2 aromatic heterocycles. The van der Waals surface area contributed by atoms with Gasteiger partial charge in [-0.3, -0.25) is 13.9 Å². The van der Waals surface area contributed by atoms with Gasteiger partial charge < -0.3 is 9.84 Å². The number of nitrogens with one attached hydrogen (secondary N) is 1. The van der Waals surface area contributed by atoms with Crippen LogP contribution in [0.4, 0.5) is 5.69 Å². The van der Waals surface area contributed by atoms with E-state index in [-0.39, 0.29) is 24.2 Å². The van der Waals surface area contributed by atoms with Crippen LogP contribution in [0.5, 0.6) is 0 Å². The van der Waals surface area contributed by atoms with Crippen LogP contribution in [-0.4, -0.2) is 25.2 Å². The predicted molar refractivity (Wildman–Crippen MR) is 119 cm³/mol. The summed E-state index contributed by atoms with van der Waals surface area (Å²) < 4.78 is 8.25. The molecule has 0 bridgehead atoms. The van der Waals surface area contributed by atoms with Crippen molar-refractivity contribution in [2.24, 2.45) is 0 Å². The fraction of sp³-hybridized carbons (Fsp3) is 0.304. The highest BCUT2D eigenvalue weighted by molar-refractivity contribution is 5.92. The molecule has 0 saturated heterocycles. The summed E-state index contributed by atoms with van der Waals surface area (Å²) in [5.74, 6) is 0.631. The number of anilines is 1. The number of rotatable bonds is 5. The summed E-state index contributed by atoms with van der Waals surface area (Å²) >= 11 is 0. The van der Waals surface area contributed by atoms with Gasteiger partial charge in [0.15, 0.2) is 0 Å². The van der Waals surface area contributed by atoms with Crippen molar-refractivity contribution in [1.29, 1.82) is 0 Å². The normalized spacial score (nSPS) is 11.4. The number of hydrogen-bond acceptors (Lipinski definition) is 5. The number of carbonyl (C=O) groups is 1. The molecule has 4 aromatic rings. The molecule has 2 heterocycles. The molecule has 0 aliphatic heterocycles. The number of hydrogen-bond donors (Lipinski definition) is 1. The summed E-state index contributed by atoms with van der Waals surface area (Å²) in [5.41, 5.74) is 4.71. The molecule has 31 heavy (non-hydrogen) atoms. The molecule has 8 heteroatoms. The molecule has 1 amide bonds. The second-order valence-corrected chi connectivity index (χ2v) is 8.10. The summed E-state index contributed by atoms with van der Waals surface area (Å²) in [6.45, 7) is 9.46. The number of aryl methyl sites for hydroxylation is 3. The van der Waals surface area contributed by atoms with Gasteiger partial charge in [0.05, 0.1) is 11.0 Å². The average Bonchev–Trinajstić information content (AvgIpc) is 3.22. The lowest BCUT2D eigenvalue weighted by Gasteiger charge is -2.08. The fourth-order valence-electron chi connectivity index (χ4n) is 3.88. The SMILES string of the molecule is Cc1cc(C)cc(NC(=O)Cn2c(=O)n(C(C)C)c3ccc(-c4noc(C)n4)cc32)c1. The smallest absolute Gasteiger partial charge is 0.329 e. The Morgan fingerprint density at radius 2 is 1.77 bits per heavy atom. The highest BCUT2D eigenvalue weighted by Gasteiger charge is 2.19. The summed E-state index contributed by atoms with van der Waals surface area (Å²) in [4.78, 5) is 30.3. The molecule has 160 valence electrons. The highest BCUT2D eigenvalue weighted by atomic mass is 16.5. The van der Waals surface area contributed by atoms with E-state index in [1.807, 2.05) is 64.1 Å². The van der Waals surface area contributed by atoms with Crippen LogP contribution in [0.1, 0.15) is 36.9 Å². The van der Waals surface area contributed by atoms with Crippen molar-refractivity contribution < 1.29 is 9.32 Å². The van der Waals surface area contributed by atoms with E-state index in [2.05, 4.69) is 15.5 Å². The molecule has 4 rings (SSSR count). The van der Waals surface area contributed by atoms with Crippen LogP contribution in [0.3, 0.4) is 0 Å². The van der Waals surface area contributed by atoms with Gasteiger partial charge in [-0.1, -0.05) is 11.2 Å². The molecule has 2 aromatic carbocycles. The Morgan fingerprint density at radius 1 is 1.06 bits per heavy atom. The molecular formula is C23H25N5O3. The van der Waals surface area contributed by atoms with Gasteiger partial charge in [0.2, 0.25) is 17.6 Å². The number of imidazole rings is 1. The number of fused-ring (bicyclic) bond motifs is 1. The van der Waals surface area contributed by atoms with E-state index in [0.717, 1.165) is 16.6 Å². The van der Waals surface area contributed by atoms with Gasteiger partial charge in [0.1, 0.15) is 6.54 Å². The third-order valence-electron chi connectivity index (χ3n) is 5.07. The lowest BCUT2D eigenvalue weighted by Crippen LogP contribution is -2.30. The third kappa shape index (κ3) is 4.01. The third-order valence-corrected chi connectivity index (χ3v) is 5.07. The van der Waals surface area contributed by atoms with Crippen LogP contribution >= 0.6 is 0 Å². The quantitative estimate of drug-likeness (QED) is 0.528. The van der Waals surface area contributed by atoms with Gasteiger partial charge >= 0.3 is 5.69 Å². The molecule has 1 N–H and O–H groups in total. The second-order valence-electron chi connectivity index (χ2n) is 8.10. The Labute approximate surface area is 179 Å². The summed E-state index contributed by atoms with van der Waals surface area (Å²) in [5, 5.41) is 6.86.